The number of aliphatic carboxylic acids is 1. The van der Waals surface area contributed by atoms with E-state index < -0.39 is 12.1 Å². The van der Waals surface area contributed by atoms with Crippen LogP contribution in [0.25, 0.3) is 0 Å². The number of hydrogen-bond donors (Lipinski definition) is 3. The fourth-order valence-corrected chi connectivity index (χ4v) is 1.36. The maximum Gasteiger partial charge on any atom is 0.335 e. The van der Waals surface area contributed by atoms with E-state index in [2.05, 4.69) is 5.32 Å². The van der Waals surface area contributed by atoms with Gasteiger partial charge in [0.1, 0.15) is 0 Å². The van der Waals surface area contributed by atoms with Crippen molar-refractivity contribution >= 4 is 11.9 Å². The van der Waals surface area contributed by atoms with Crippen LogP contribution in [0.5, 0.6) is 0 Å². The Morgan fingerprint density at radius 3 is 2.33 bits per heavy atom. The molecule has 0 saturated carbocycles. The molecule has 0 aliphatic carbocycles. The molecule has 0 aliphatic rings. The Morgan fingerprint density at radius 2 is 1.89 bits per heavy atom. The highest BCUT2D eigenvalue weighted by Crippen LogP contribution is 1.93. The highest BCUT2D eigenvalue weighted by molar-refractivity contribution is 5.73. The molecule has 106 valence electrons. The molecule has 0 spiro atoms. The first-order valence-corrected chi connectivity index (χ1v) is 5.96. The lowest BCUT2D eigenvalue weighted by Crippen LogP contribution is -2.45. The van der Waals surface area contributed by atoms with Crippen LogP contribution in [0, 0.1) is 0 Å². The van der Waals surface area contributed by atoms with Gasteiger partial charge in [-0.15, -0.1) is 0 Å². The topological polar surface area (TPSA) is 98.9 Å². The third kappa shape index (κ3) is 7.99. The van der Waals surface area contributed by atoms with Gasteiger partial charge in [-0.1, -0.05) is 0 Å². The minimum atomic E-state index is -1.08. The lowest BCUT2D eigenvalue weighted by molar-refractivity contribution is -0.139. The van der Waals surface area contributed by atoms with Crippen LogP contribution in [-0.2, 0) is 9.59 Å². The second kappa shape index (κ2) is 8.84. The molecule has 0 fully saturated rings. The van der Waals surface area contributed by atoms with Crippen LogP contribution in [-0.4, -0.2) is 73.2 Å². The summed E-state index contributed by atoms with van der Waals surface area (Å²) in [5, 5.41) is 11.2. The zero-order valence-electron chi connectivity index (χ0n) is 11.3. The molecule has 0 aromatic heterocycles. The summed E-state index contributed by atoms with van der Waals surface area (Å²) < 4.78 is 0. The third-order valence-corrected chi connectivity index (χ3v) is 2.50. The Labute approximate surface area is 108 Å². The third-order valence-electron chi connectivity index (χ3n) is 2.50. The first kappa shape index (κ1) is 16.8. The van der Waals surface area contributed by atoms with Crippen LogP contribution in [0.2, 0.25) is 0 Å². The first-order chi connectivity index (χ1) is 8.34. The van der Waals surface area contributed by atoms with Crippen LogP contribution in [0.3, 0.4) is 0 Å². The van der Waals surface area contributed by atoms with Gasteiger partial charge in [0.25, 0.3) is 0 Å². The largest absolute Gasteiger partial charge is 0.479 e. The van der Waals surface area contributed by atoms with Crippen molar-refractivity contribution < 1.29 is 14.7 Å². The number of carbonyl (C=O) groups excluding carboxylic acids is 1. The molecule has 1 amide bonds. The molecular formula is C11H24N4O3. The van der Waals surface area contributed by atoms with Gasteiger partial charge in [-0.25, -0.2) is 4.79 Å². The molecule has 0 aliphatic heterocycles. The average Bonchev–Trinajstić information content (AvgIpc) is 2.26. The van der Waals surface area contributed by atoms with E-state index in [1.807, 2.05) is 19.0 Å². The fraction of sp³-hybridized carbons (Fsp3) is 0.818. The minimum absolute atomic E-state index is 0.0272. The normalized spacial score (nSPS) is 12.5. The monoisotopic (exact) mass is 260 g/mol. The number of amides is 1. The van der Waals surface area contributed by atoms with Gasteiger partial charge >= 0.3 is 5.97 Å². The molecule has 7 heteroatoms. The summed E-state index contributed by atoms with van der Waals surface area (Å²) in [6.45, 7) is 4.09. The Bertz CT molecular complexity index is 271. The molecule has 0 heterocycles. The van der Waals surface area contributed by atoms with Gasteiger partial charge in [-0.3, -0.25) is 10.1 Å². The van der Waals surface area contributed by atoms with Crippen molar-refractivity contribution in [3.05, 3.63) is 0 Å². The quantitative estimate of drug-likeness (QED) is 0.354. The van der Waals surface area contributed by atoms with Gasteiger partial charge in [0.2, 0.25) is 5.91 Å². The lowest BCUT2D eigenvalue weighted by atomic mass is 10.3. The Balaban J connectivity index is 3.84. The summed E-state index contributed by atoms with van der Waals surface area (Å²) >= 11 is 0. The number of carboxylic acids is 1. The minimum Gasteiger partial charge on any atom is -0.479 e. The zero-order valence-corrected chi connectivity index (χ0v) is 11.3. The summed E-state index contributed by atoms with van der Waals surface area (Å²) in [5.41, 5.74) is 5.29. The van der Waals surface area contributed by atoms with Crippen molar-refractivity contribution in [1.82, 2.24) is 15.1 Å². The molecule has 0 radical (unpaired) electrons. The predicted octanol–water partition coefficient (Wildman–Crippen LogP) is -1.25. The number of nitrogens with two attached hydrogens (primary N) is 1. The Morgan fingerprint density at radius 1 is 1.28 bits per heavy atom. The van der Waals surface area contributed by atoms with Crippen LogP contribution in [0.1, 0.15) is 13.3 Å². The standard InChI is InChI=1S/C11H24N4O3/c1-9(16)15(8-7-14(2)3)6-4-5-13-10(12)11(17)18/h10,13H,4-8,12H2,1-3H3,(H,17,18)/t10-/m0/s1. The van der Waals surface area contributed by atoms with Gasteiger partial charge in [0.05, 0.1) is 0 Å². The summed E-state index contributed by atoms with van der Waals surface area (Å²) in [6.07, 6.45) is -0.369. The van der Waals surface area contributed by atoms with Gasteiger partial charge < -0.3 is 20.6 Å². The Kier molecular flexibility index (Phi) is 8.27. The van der Waals surface area contributed by atoms with Crippen LogP contribution >= 0.6 is 0 Å². The van der Waals surface area contributed by atoms with Crippen molar-refractivity contribution in [3.8, 4) is 0 Å². The number of rotatable bonds is 9. The van der Waals surface area contributed by atoms with Gasteiger partial charge in [-0.2, -0.15) is 0 Å². The maximum absolute atomic E-state index is 11.4. The molecule has 1 atom stereocenters. The lowest BCUT2D eigenvalue weighted by Gasteiger charge is -2.23. The number of hydrogen-bond acceptors (Lipinski definition) is 5. The number of likely N-dealkylation sites (N-methyl/N-ethyl adjacent to an activating group) is 1. The van der Waals surface area contributed by atoms with E-state index in [1.165, 1.54) is 6.92 Å². The van der Waals surface area contributed by atoms with Crippen molar-refractivity contribution in [3.63, 3.8) is 0 Å². The smallest absolute Gasteiger partial charge is 0.335 e. The summed E-state index contributed by atoms with van der Waals surface area (Å²) in [5.74, 6) is -1.05. The molecule has 4 N–H and O–H groups in total. The summed E-state index contributed by atoms with van der Waals surface area (Å²) in [6, 6.07) is 0. The summed E-state index contributed by atoms with van der Waals surface area (Å²) in [7, 11) is 3.90. The molecule has 7 nitrogen and oxygen atoms in total. The molecule has 0 bridgehead atoms. The second-order valence-corrected chi connectivity index (χ2v) is 4.43. The number of carbonyl (C=O) groups is 2. The molecule has 0 aromatic rings. The first-order valence-electron chi connectivity index (χ1n) is 5.96. The van der Waals surface area contributed by atoms with Gasteiger partial charge in [0, 0.05) is 26.6 Å². The van der Waals surface area contributed by atoms with E-state index >= 15 is 0 Å². The summed E-state index contributed by atoms with van der Waals surface area (Å²) in [4.78, 5) is 25.6. The molecule has 0 saturated heterocycles. The molecular weight excluding hydrogens is 236 g/mol. The van der Waals surface area contributed by atoms with E-state index in [-0.39, 0.29) is 5.91 Å². The van der Waals surface area contributed by atoms with Gasteiger partial charge in [0.15, 0.2) is 6.17 Å². The van der Waals surface area contributed by atoms with E-state index in [1.54, 1.807) is 4.90 Å². The van der Waals surface area contributed by atoms with Gasteiger partial charge in [-0.05, 0) is 27.1 Å². The van der Waals surface area contributed by atoms with E-state index in [0.717, 1.165) is 6.54 Å². The molecule has 18 heavy (non-hydrogen) atoms. The highest BCUT2D eigenvalue weighted by atomic mass is 16.4. The highest BCUT2D eigenvalue weighted by Gasteiger charge is 2.11. The molecule has 0 unspecified atom stereocenters. The SMILES string of the molecule is CC(=O)N(CCCN[C@H](N)C(=O)O)CCN(C)C. The molecule has 0 aromatic carbocycles. The van der Waals surface area contributed by atoms with Crippen molar-refractivity contribution in [2.45, 2.75) is 19.5 Å². The van der Waals surface area contributed by atoms with E-state index in [9.17, 15) is 9.59 Å². The van der Waals surface area contributed by atoms with Crippen molar-refractivity contribution in [2.24, 2.45) is 5.73 Å². The van der Waals surface area contributed by atoms with E-state index in [4.69, 9.17) is 10.8 Å². The maximum atomic E-state index is 11.4. The van der Waals surface area contributed by atoms with Crippen molar-refractivity contribution in [1.29, 1.82) is 0 Å². The number of carboxylic acid groups (broad SMARTS) is 1. The number of nitrogens with zero attached hydrogens (tertiary/aromatic N) is 2. The van der Waals surface area contributed by atoms with Crippen LogP contribution < -0.4 is 11.1 Å². The van der Waals surface area contributed by atoms with Crippen molar-refractivity contribution in [2.75, 3.05) is 40.3 Å². The van der Waals surface area contributed by atoms with Crippen LogP contribution in [0.4, 0.5) is 0 Å². The zero-order chi connectivity index (χ0) is 14.1. The number of nitrogens with one attached hydrogen (secondary N) is 1. The predicted molar refractivity (Wildman–Crippen MR) is 69.0 cm³/mol. The fourth-order valence-electron chi connectivity index (χ4n) is 1.36. The average molecular weight is 260 g/mol. The van der Waals surface area contributed by atoms with E-state index in [0.29, 0.717) is 26.1 Å². The van der Waals surface area contributed by atoms with Crippen LogP contribution in [0.15, 0.2) is 0 Å². The molecule has 0 rings (SSSR count). The Hall–Kier alpha value is -1.18. The second-order valence-electron chi connectivity index (χ2n) is 4.43.